The van der Waals surface area contributed by atoms with Gasteiger partial charge in [-0.15, -0.1) is 0 Å². The molecule has 0 unspecified atom stereocenters. The van der Waals surface area contributed by atoms with Crippen molar-refractivity contribution in [3.8, 4) is 6.07 Å². The van der Waals surface area contributed by atoms with Gasteiger partial charge in [0.25, 0.3) is 5.56 Å². The molecule has 0 saturated heterocycles. The Bertz CT molecular complexity index is 600. The van der Waals surface area contributed by atoms with Gasteiger partial charge in [0, 0.05) is 6.20 Å². The summed E-state index contributed by atoms with van der Waals surface area (Å²) in [4.78, 5) is 13.8. The van der Waals surface area contributed by atoms with Gasteiger partial charge in [-0.25, -0.2) is 4.52 Å². The van der Waals surface area contributed by atoms with Gasteiger partial charge in [-0.3, -0.25) is 4.79 Å². The molecule has 0 bridgehead atoms. The van der Waals surface area contributed by atoms with E-state index in [9.17, 15) is 4.79 Å². The van der Waals surface area contributed by atoms with E-state index in [1.54, 1.807) is 24.4 Å². The summed E-state index contributed by atoms with van der Waals surface area (Å²) in [6, 6.07) is 3.73. The number of hydrogen-bond donors (Lipinski definition) is 1. The Kier molecular flexibility index (Phi) is 2.33. The number of nitrogens with one attached hydrogen (secondary N) is 1. The van der Waals surface area contributed by atoms with Crippen molar-refractivity contribution < 1.29 is 0 Å². The molecule has 1 N–H and O–H groups in total. The molecule has 2 aromatic rings. The van der Waals surface area contributed by atoms with Gasteiger partial charge in [0.2, 0.25) is 0 Å². The van der Waals surface area contributed by atoms with Crippen LogP contribution in [-0.2, 0) is 0 Å². The van der Waals surface area contributed by atoms with Crippen LogP contribution in [0.2, 0.25) is 0 Å². The molecule has 0 saturated carbocycles. The highest BCUT2D eigenvalue weighted by atomic mass is 16.1. The second-order valence-corrected chi connectivity index (χ2v) is 2.99. The Balaban J connectivity index is 2.44. The molecule has 74 valence electrons. The van der Waals surface area contributed by atoms with Gasteiger partial charge in [-0.1, -0.05) is 12.2 Å². The molecule has 0 aliphatic carbocycles. The molecule has 2 rings (SSSR count). The number of H-pyrrole nitrogens is 1. The summed E-state index contributed by atoms with van der Waals surface area (Å²) >= 11 is 0. The van der Waals surface area contributed by atoms with Crippen molar-refractivity contribution in [2.75, 3.05) is 0 Å². The third-order valence-corrected chi connectivity index (χ3v) is 1.95. The first-order valence-electron chi connectivity index (χ1n) is 4.41. The zero-order chi connectivity index (χ0) is 10.7. The van der Waals surface area contributed by atoms with Crippen LogP contribution in [0.25, 0.3) is 11.6 Å². The highest BCUT2D eigenvalue weighted by Gasteiger charge is 2.00. The second kappa shape index (κ2) is 3.80. The normalized spacial score (nSPS) is 10.9. The van der Waals surface area contributed by atoms with Gasteiger partial charge in [0.05, 0.1) is 12.5 Å². The van der Waals surface area contributed by atoms with Crippen molar-refractivity contribution in [2.24, 2.45) is 0 Å². The predicted octanol–water partition coefficient (Wildman–Crippen LogP) is 0.949. The average Bonchev–Trinajstić information content (AvgIpc) is 2.63. The quantitative estimate of drug-likeness (QED) is 0.784. The first-order valence-corrected chi connectivity index (χ1v) is 4.41. The molecule has 0 radical (unpaired) electrons. The Morgan fingerprint density at radius 3 is 3.27 bits per heavy atom. The summed E-state index contributed by atoms with van der Waals surface area (Å²) in [7, 11) is 0. The van der Waals surface area contributed by atoms with E-state index in [0.717, 1.165) is 5.56 Å². The summed E-state index contributed by atoms with van der Waals surface area (Å²) in [5, 5.41) is 12.3. The third kappa shape index (κ3) is 1.79. The number of aromatic nitrogens is 3. The summed E-state index contributed by atoms with van der Waals surface area (Å²) in [5.74, 6) is 0. The number of nitrogens with zero attached hydrogens (tertiary/aromatic N) is 3. The fraction of sp³-hybridized carbons (Fsp3) is 0.100. The fourth-order valence-corrected chi connectivity index (χ4v) is 1.30. The highest BCUT2D eigenvalue weighted by molar-refractivity contribution is 5.58. The van der Waals surface area contributed by atoms with Gasteiger partial charge in [-0.05, 0) is 11.6 Å². The minimum Gasteiger partial charge on any atom is -0.310 e. The molecule has 0 amide bonds. The Labute approximate surface area is 85.3 Å². The lowest BCUT2D eigenvalue weighted by Crippen LogP contribution is -2.09. The molecule has 5 nitrogen and oxygen atoms in total. The first kappa shape index (κ1) is 9.21. The van der Waals surface area contributed by atoms with E-state index in [0.29, 0.717) is 11.9 Å². The molecule has 0 aliphatic rings. The minimum absolute atomic E-state index is 0.176. The second-order valence-electron chi connectivity index (χ2n) is 2.99. The molecular formula is C10H8N4O. The maximum absolute atomic E-state index is 11.3. The van der Waals surface area contributed by atoms with Crippen LogP contribution in [0, 0.1) is 11.3 Å². The van der Waals surface area contributed by atoms with E-state index in [1.807, 2.05) is 6.07 Å². The maximum Gasteiger partial charge on any atom is 0.275 e. The van der Waals surface area contributed by atoms with Gasteiger partial charge < -0.3 is 4.98 Å². The summed E-state index contributed by atoms with van der Waals surface area (Å²) < 4.78 is 1.50. The summed E-state index contributed by atoms with van der Waals surface area (Å²) in [6.07, 6.45) is 6.97. The van der Waals surface area contributed by atoms with Crippen LogP contribution < -0.4 is 5.56 Å². The zero-order valence-electron chi connectivity index (χ0n) is 7.84. The molecule has 2 heterocycles. The van der Waals surface area contributed by atoms with Crippen molar-refractivity contribution in [3.05, 3.63) is 40.6 Å². The molecular weight excluding hydrogens is 192 g/mol. The van der Waals surface area contributed by atoms with Crippen molar-refractivity contribution >= 4 is 11.6 Å². The molecule has 0 aliphatic heterocycles. The SMILES string of the molecule is N#CCC=Cc1cc2c(=O)[nH]cnn2c1. The van der Waals surface area contributed by atoms with Crippen molar-refractivity contribution in [2.45, 2.75) is 6.42 Å². The average molecular weight is 200 g/mol. The summed E-state index contributed by atoms with van der Waals surface area (Å²) in [6.45, 7) is 0. The van der Waals surface area contributed by atoms with Crippen molar-refractivity contribution in [3.63, 3.8) is 0 Å². The topological polar surface area (TPSA) is 73.9 Å². The van der Waals surface area contributed by atoms with E-state index >= 15 is 0 Å². The highest BCUT2D eigenvalue weighted by Crippen LogP contribution is 2.06. The fourth-order valence-electron chi connectivity index (χ4n) is 1.30. The Hall–Kier alpha value is -2.35. The zero-order valence-corrected chi connectivity index (χ0v) is 7.84. The lowest BCUT2D eigenvalue weighted by molar-refractivity contribution is 0.888. The van der Waals surface area contributed by atoms with Crippen LogP contribution in [0.15, 0.2) is 29.5 Å². The molecule has 0 spiro atoms. The van der Waals surface area contributed by atoms with Gasteiger partial charge in [0.15, 0.2) is 0 Å². The van der Waals surface area contributed by atoms with E-state index < -0.39 is 0 Å². The number of allylic oxidation sites excluding steroid dienone is 1. The van der Waals surface area contributed by atoms with E-state index in [-0.39, 0.29) is 5.56 Å². The molecule has 0 aromatic carbocycles. The number of rotatable bonds is 2. The van der Waals surface area contributed by atoms with Crippen LogP contribution in [0.3, 0.4) is 0 Å². The van der Waals surface area contributed by atoms with E-state index in [1.165, 1.54) is 10.8 Å². The number of nitriles is 1. The standard InChI is InChI=1S/C10H8N4O/c11-4-2-1-3-8-5-9-10(15)12-7-13-14(9)6-8/h1,3,5-7H,2H2,(H,12,13,15). The lowest BCUT2D eigenvalue weighted by atomic mass is 10.3. The van der Waals surface area contributed by atoms with Gasteiger partial charge in [-0.2, -0.15) is 10.4 Å². The Morgan fingerprint density at radius 2 is 2.53 bits per heavy atom. The molecule has 2 aromatic heterocycles. The number of hydrogen-bond acceptors (Lipinski definition) is 3. The van der Waals surface area contributed by atoms with Crippen LogP contribution in [0.5, 0.6) is 0 Å². The number of fused-ring (bicyclic) bond motifs is 1. The minimum atomic E-state index is -0.176. The summed E-state index contributed by atoms with van der Waals surface area (Å²) in [5.41, 5.74) is 1.17. The van der Waals surface area contributed by atoms with Crippen LogP contribution in [0.1, 0.15) is 12.0 Å². The van der Waals surface area contributed by atoms with Crippen LogP contribution >= 0.6 is 0 Å². The van der Waals surface area contributed by atoms with E-state index in [2.05, 4.69) is 10.1 Å². The molecule has 0 atom stereocenters. The maximum atomic E-state index is 11.3. The first-order chi connectivity index (χ1) is 7.31. The molecule has 0 fully saturated rings. The van der Waals surface area contributed by atoms with Crippen LogP contribution in [0.4, 0.5) is 0 Å². The van der Waals surface area contributed by atoms with Crippen molar-refractivity contribution in [1.82, 2.24) is 14.6 Å². The van der Waals surface area contributed by atoms with Crippen molar-refractivity contribution in [1.29, 1.82) is 5.26 Å². The van der Waals surface area contributed by atoms with Crippen LogP contribution in [-0.4, -0.2) is 14.6 Å². The molecule has 15 heavy (non-hydrogen) atoms. The third-order valence-electron chi connectivity index (χ3n) is 1.95. The predicted molar refractivity (Wildman–Crippen MR) is 55.1 cm³/mol. The van der Waals surface area contributed by atoms with Gasteiger partial charge in [0.1, 0.15) is 11.8 Å². The number of aromatic amines is 1. The Morgan fingerprint density at radius 1 is 1.67 bits per heavy atom. The largest absolute Gasteiger partial charge is 0.310 e. The van der Waals surface area contributed by atoms with Gasteiger partial charge >= 0.3 is 0 Å². The lowest BCUT2D eigenvalue weighted by Gasteiger charge is -1.87. The monoisotopic (exact) mass is 200 g/mol. The van der Waals surface area contributed by atoms with E-state index in [4.69, 9.17) is 5.26 Å². The molecule has 5 heteroatoms. The smallest absolute Gasteiger partial charge is 0.275 e.